The molecule has 1 aliphatic carbocycles. The highest BCUT2D eigenvalue weighted by atomic mass is 32.1. The molecule has 0 spiro atoms. The Kier molecular flexibility index (Phi) is 9.59. The topological polar surface area (TPSA) is 89.6 Å². The minimum Gasteiger partial charge on any atom is -0.462 e. The van der Waals surface area contributed by atoms with Gasteiger partial charge in [0.15, 0.2) is 5.11 Å². The first kappa shape index (κ1) is 31.1. The van der Waals surface area contributed by atoms with E-state index in [1.54, 1.807) is 37.3 Å². The SMILES string of the molecule is CCOC(=O)c1ccc(NC(=S)NC(=O)c2cc3ccc(Oc4ccc(C(C)(C)C)cc4)cc3c(CC3CCCC3)n2)cc1. The molecule has 0 atom stereocenters. The molecule has 0 aliphatic heterocycles. The number of esters is 1. The molecule has 3 aromatic carbocycles. The molecule has 7 nitrogen and oxygen atoms in total. The second-order valence-electron chi connectivity index (χ2n) is 12.3. The first-order valence-electron chi connectivity index (χ1n) is 15.2. The first-order valence-corrected chi connectivity index (χ1v) is 15.6. The lowest BCUT2D eigenvalue weighted by Crippen LogP contribution is -2.34. The van der Waals surface area contributed by atoms with Crippen LogP contribution < -0.4 is 15.4 Å². The van der Waals surface area contributed by atoms with Crippen LogP contribution in [0.15, 0.2) is 72.8 Å². The number of aromatic nitrogens is 1. The van der Waals surface area contributed by atoms with Gasteiger partial charge in [0.1, 0.15) is 17.2 Å². The van der Waals surface area contributed by atoms with E-state index in [-0.39, 0.29) is 22.4 Å². The number of anilines is 1. The highest BCUT2D eigenvalue weighted by molar-refractivity contribution is 7.80. The lowest BCUT2D eigenvalue weighted by atomic mass is 9.87. The summed E-state index contributed by atoms with van der Waals surface area (Å²) >= 11 is 5.41. The van der Waals surface area contributed by atoms with Crippen LogP contribution in [0.3, 0.4) is 0 Å². The van der Waals surface area contributed by atoms with Crippen molar-refractivity contribution in [2.24, 2.45) is 5.92 Å². The number of benzene rings is 3. The molecule has 44 heavy (non-hydrogen) atoms. The average Bonchev–Trinajstić information content (AvgIpc) is 3.50. The molecule has 5 rings (SSSR count). The van der Waals surface area contributed by atoms with Crippen LogP contribution in [0.25, 0.3) is 10.8 Å². The van der Waals surface area contributed by atoms with Crippen molar-refractivity contribution in [3.05, 3.63) is 95.3 Å². The van der Waals surface area contributed by atoms with E-state index in [0.29, 0.717) is 29.5 Å². The largest absolute Gasteiger partial charge is 0.462 e. The molecule has 4 aromatic rings. The Balaban J connectivity index is 1.34. The second-order valence-corrected chi connectivity index (χ2v) is 12.7. The molecule has 228 valence electrons. The lowest BCUT2D eigenvalue weighted by Gasteiger charge is -2.19. The molecule has 1 heterocycles. The minimum absolute atomic E-state index is 0.0725. The molecule has 0 unspecified atom stereocenters. The van der Waals surface area contributed by atoms with Crippen LogP contribution in [-0.2, 0) is 16.6 Å². The predicted molar refractivity (Wildman–Crippen MR) is 179 cm³/mol. The molecule has 2 N–H and O–H groups in total. The summed E-state index contributed by atoms with van der Waals surface area (Å²) in [5, 5.41) is 7.79. The van der Waals surface area contributed by atoms with Gasteiger partial charge >= 0.3 is 5.97 Å². The van der Waals surface area contributed by atoms with Gasteiger partial charge in [0, 0.05) is 16.8 Å². The molecule has 1 amide bonds. The van der Waals surface area contributed by atoms with Crippen molar-refractivity contribution in [2.45, 2.75) is 65.2 Å². The normalized spacial score (nSPS) is 13.5. The van der Waals surface area contributed by atoms with Gasteiger partial charge in [-0.15, -0.1) is 0 Å². The average molecular weight is 610 g/mol. The zero-order valence-electron chi connectivity index (χ0n) is 25.7. The number of pyridine rings is 1. The summed E-state index contributed by atoms with van der Waals surface area (Å²) in [5.41, 5.74) is 3.59. The van der Waals surface area contributed by atoms with Crippen molar-refractivity contribution in [3.8, 4) is 11.5 Å². The fourth-order valence-electron chi connectivity index (χ4n) is 5.51. The van der Waals surface area contributed by atoms with Crippen molar-refractivity contribution in [1.82, 2.24) is 10.3 Å². The third kappa shape index (κ3) is 7.80. The Morgan fingerprint density at radius 1 is 0.932 bits per heavy atom. The maximum atomic E-state index is 13.3. The summed E-state index contributed by atoms with van der Waals surface area (Å²) in [6.45, 7) is 8.64. The quantitative estimate of drug-likeness (QED) is 0.153. The smallest absolute Gasteiger partial charge is 0.338 e. The maximum absolute atomic E-state index is 13.3. The second kappa shape index (κ2) is 13.6. The van der Waals surface area contributed by atoms with Crippen molar-refractivity contribution in [1.29, 1.82) is 0 Å². The number of carbonyl (C=O) groups excluding carboxylic acids is 2. The summed E-state index contributed by atoms with van der Waals surface area (Å²) in [5.74, 6) is 1.26. The van der Waals surface area contributed by atoms with Gasteiger partial charge in [-0.1, -0.05) is 64.7 Å². The Morgan fingerprint density at radius 2 is 1.61 bits per heavy atom. The van der Waals surface area contributed by atoms with Gasteiger partial charge in [-0.25, -0.2) is 9.78 Å². The van der Waals surface area contributed by atoms with Crippen molar-refractivity contribution >= 4 is 45.7 Å². The molecule has 0 bridgehead atoms. The Morgan fingerprint density at radius 3 is 2.27 bits per heavy atom. The van der Waals surface area contributed by atoms with Gasteiger partial charge in [-0.05, 0) is 102 Å². The van der Waals surface area contributed by atoms with Crippen LogP contribution in [-0.4, -0.2) is 28.6 Å². The van der Waals surface area contributed by atoms with E-state index >= 15 is 0 Å². The molecule has 0 saturated heterocycles. The Bertz CT molecular complexity index is 1650. The van der Waals surface area contributed by atoms with E-state index in [1.807, 2.05) is 30.3 Å². The zero-order chi connectivity index (χ0) is 31.3. The number of thiocarbonyl (C=S) groups is 1. The van der Waals surface area contributed by atoms with Crippen LogP contribution >= 0.6 is 12.2 Å². The summed E-state index contributed by atoms with van der Waals surface area (Å²) in [4.78, 5) is 30.1. The Labute approximate surface area is 264 Å². The first-order chi connectivity index (χ1) is 21.1. The summed E-state index contributed by atoms with van der Waals surface area (Å²) in [6, 6.07) is 22.6. The number of rotatable bonds is 8. The van der Waals surface area contributed by atoms with Gasteiger partial charge in [0.25, 0.3) is 5.91 Å². The summed E-state index contributed by atoms with van der Waals surface area (Å²) in [7, 11) is 0. The predicted octanol–water partition coefficient (Wildman–Crippen LogP) is 8.36. The highest BCUT2D eigenvalue weighted by Gasteiger charge is 2.21. The molecule has 8 heteroatoms. The van der Waals surface area contributed by atoms with Crippen LogP contribution in [0.4, 0.5) is 5.69 Å². The van der Waals surface area contributed by atoms with Crippen LogP contribution in [0.5, 0.6) is 11.5 Å². The molecule has 1 aliphatic rings. The van der Waals surface area contributed by atoms with E-state index in [0.717, 1.165) is 34.4 Å². The molecular formula is C36H39N3O4S. The van der Waals surface area contributed by atoms with Gasteiger partial charge in [0.05, 0.1) is 12.2 Å². The standard InChI is InChI=1S/C36H39N3O4S/c1-5-42-34(41)24-10-15-27(16-11-24)37-35(44)39-33(40)32-21-25-12-17-29(43-28-18-13-26(14-19-28)36(2,3)4)22-30(25)31(38-32)20-23-8-6-7-9-23/h10-19,21-23H,5-9,20H2,1-4H3,(H2,37,39,40,44). The fraction of sp³-hybridized carbons (Fsp3) is 0.333. The lowest BCUT2D eigenvalue weighted by molar-refractivity contribution is 0.0526. The van der Waals surface area contributed by atoms with Gasteiger partial charge in [-0.2, -0.15) is 0 Å². The van der Waals surface area contributed by atoms with Crippen molar-refractivity contribution in [2.75, 3.05) is 11.9 Å². The summed E-state index contributed by atoms with van der Waals surface area (Å²) < 4.78 is 11.3. The number of amides is 1. The molecule has 1 saturated carbocycles. The number of hydrogen-bond donors (Lipinski definition) is 2. The molecule has 0 radical (unpaired) electrons. The number of ether oxygens (including phenoxy) is 2. The molecular weight excluding hydrogens is 570 g/mol. The monoisotopic (exact) mass is 609 g/mol. The van der Waals surface area contributed by atoms with Crippen LogP contribution in [0, 0.1) is 5.92 Å². The number of nitrogens with one attached hydrogen (secondary N) is 2. The number of hydrogen-bond acceptors (Lipinski definition) is 6. The Hall–Kier alpha value is -4.30. The third-order valence-electron chi connectivity index (χ3n) is 7.91. The van der Waals surface area contributed by atoms with E-state index in [1.165, 1.54) is 31.2 Å². The van der Waals surface area contributed by atoms with E-state index in [9.17, 15) is 9.59 Å². The van der Waals surface area contributed by atoms with Gasteiger partial charge < -0.3 is 14.8 Å². The number of nitrogens with zero attached hydrogens (tertiary/aromatic N) is 1. The highest BCUT2D eigenvalue weighted by Crippen LogP contribution is 2.33. The maximum Gasteiger partial charge on any atom is 0.338 e. The number of fused-ring (bicyclic) bond motifs is 1. The third-order valence-corrected chi connectivity index (χ3v) is 8.11. The molecule has 1 fully saturated rings. The van der Waals surface area contributed by atoms with Crippen molar-refractivity contribution < 1.29 is 19.1 Å². The van der Waals surface area contributed by atoms with Gasteiger partial charge in [-0.3, -0.25) is 10.1 Å². The van der Waals surface area contributed by atoms with E-state index < -0.39 is 0 Å². The summed E-state index contributed by atoms with van der Waals surface area (Å²) in [6.07, 6.45) is 5.58. The van der Waals surface area contributed by atoms with E-state index in [4.69, 9.17) is 26.7 Å². The zero-order valence-corrected chi connectivity index (χ0v) is 26.6. The van der Waals surface area contributed by atoms with E-state index in [2.05, 4.69) is 43.5 Å². The van der Waals surface area contributed by atoms with Crippen LogP contribution in [0.2, 0.25) is 0 Å². The molecule has 1 aromatic heterocycles. The van der Waals surface area contributed by atoms with Crippen LogP contribution in [0.1, 0.15) is 85.5 Å². The fourth-order valence-corrected chi connectivity index (χ4v) is 5.72. The van der Waals surface area contributed by atoms with Gasteiger partial charge in [0.2, 0.25) is 0 Å². The minimum atomic E-state index is -0.390. The van der Waals surface area contributed by atoms with Crippen molar-refractivity contribution in [3.63, 3.8) is 0 Å². The number of carbonyl (C=O) groups is 2.